The molecule has 0 atom stereocenters. The first-order valence-electron chi connectivity index (χ1n) is 14.2. The molecule has 2 aromatic rings. The molecule has 1 aliphatic heterocycles. The van der Waals surface area contributed by atoms with Crippen molar-refractivity contribution >= 4 is 25.5 Å². The van der Waals surface area contributed by atoms with Crippen molar-refractivity contribution < 1.29 is 24.1 Å². The van der Waals surface area contributed by atoms with Crippen molar-refractivity contribution in [2.45, 2.75) is 84.3 Å². The predicted octanol–water partition coefficient (Wildman–Crippen LogP) is 5.19. The van der Waals surface area contributed by atoms with Gasteiger partial charge in [0.1, 0.15) is 24.9 Å². The van der Waals surface area contributed by atoms with Gasteiger partial charge in [0.2, 0.25) is 11.7 Å². The molecule has 11 heteroatoms. The minimum atomic E-state index is -1.98. The Labute approximate surface area is 236 Å². The number of pyridine rings is 1. The van der Waals surface area contributed by atoms with Crippen molar-refractivity contribution in [1.82, 2.24) is 19.7 Å². The second-order valence-corrected chi connectivity index (χ2v) is 16.0. The first kappa shape index (κ1) is 28.2. The largest absolute Gasteiger partial charge is 0.481 e. The van der Waals surface area contributed by atoms with Crippen LogP contribution in [0.5, 0.6) is 11.9 Å². The lowest BCUT2D eigenvalue weighted by molar-refractivity contribution is -0.157. The van der Waals surface area contributed by atoms with E-state index >= 15 is 0 Å². The average molecular weight is 566 g/mol. The lowest BCUT2D eigenvalue weighted by Crippen LogP contribution is -2.43. The SMILES string of the molecule is C/C=C(\C=C/C1=N[Si](C)(C)CCOCn2nc1nc2OC1CCC1)c1cnc(OCC2(C(=O)O)CCC2)cc1C. The molecule has 0 spiro atoms. The zero-order valence-corrected chi connectivity index (χ0v) is 24.9. The van der Waals surface area contributed by atoms with Gasteiger partial charge in [-0.1, -0.05) is 18.6 Å². The predicted molar refractivity (Wildman–Crippen MR) is 154 cm³/mol. The monoisotopic (exact) mass is 565 g/mol. The van der Waals surface area contributed by atoms with Crippen LogP contribution in [0, 0.1) is 12.3 Å². The summed E-state index contributed by atoms with van der Waals surface area (Å²) in [5.41, 5.74) is 2.87. The van der Waals surface area contributed by atoms with Gasteiger partial charge >= 0.3 is 12.0 Å². The van der Waals surface area contributed by atoms with E-state index in [9.17, 15) is 9.90 Å². The third-order valence-corrected chi connectivity index (χ3v) is 10.3. The first-order valence-corrected chi connectivity index (χ1v) is 17.3. The lowest BCUT2D eigenvalue weighted by Gasteiger charge is -2.36. The molecule has 2 aliphatic carbocycles. The van der Waals surface area contributed by atoms with Gasteiger partial charge in [0.15, 0.2) is 8.24 Å². The average Bonchev–Trinajstić information content (AvgIpc) is 3.25. The van der Waals surface area contributed by atoms with E-state index in [1.807, 2.05) is 38.1 Å². The number of ether oxygens (including phenoxy) is 3. The molecule has 2 bridgehead atoms. The summed E-state index contributed by atoms with van der Waals surface area (Å²) >= 11 is 0. The van der Waals surface area contributed by atoms with Crippen LogP contribution in [0.3, 0.4) is 0 Å². The van der Waals surface area contributed by atoms with Crippen LogP contribution in [0.2, 0.25) is 19.1 Å². The Morgan fingerprint density at radius 2 is 2.10 bits per heavy atom. The third kappa shape index (κ3) is 6.20. The molecule has 5 rings (SSSR count). The van der Waals surface area contributed by atoms with E-state index in [1.165, 1.54) is 6.42 Å². The molecule has 1 N–H and O–H groups in total. The van der Waals surface area contributed by atoms with Gasteiger partial charge in [-0.2, -0.15) is 9.67 Å². The van der Waals surface area contributed by atoms with E-state index in [1.54, 1.807) is 10.9 Å². The van der Waals surface area contributed by atoms with E-state index in [2.05, 4.69) is 18.1 Å². The second-order valence-electron chi connectivity index (χ2n) is 11.6. The fourth-order valence-electron chi connectivity index (χ4n) is 4.92. The third-order valence-electron chi connectivity index (χ3n) is 8.08. The van der Waals surface area contributed by atoms with Gasteiger partial charge in [-0.05, 0) is 82.3 Å². The lowest BCUT2D eigenvalue weighted by atomic mass is 9.69. The van der Waals surface area contributed by atoms with Crippen LogP contribution < -0.4 is 9.47 Å². The van der Waals surface area contributed by atoms with Gasteiger partial charge < -0.3 is 24.0 Å². The summed E-state index contributed by atoms with van der Waals surface area (Å²) < 4.78 is 24.7. The van der Waals surface area contributed by atoms with Crippen molar-refractivity contribution in [3.63, 3.8) is 0 Å². The summed E-state index contributed by atoms with van der Waals surface area (Å²) in [6, 6.07) is 3.25. The summed E-state index contributed by atoms with van der Waals surface area (Å²) in [6.07, 6.45) is 13.4. The maximum absolute atomic E-state index is 11.7. The Morgan fingerprint density at radius 3 is 2.73 bits per heavy atom. The van der Waals surface area contributed by atoms with Crippen LogP contribution in [0.15, 0.2) is 35.1 Å². The normalized spacial score (nSPS) is 20.8. The molecular formula is C29H39N5O5Si. The molecule has 0 aromatic carbocycles. The molecule has 2 saturated carbocycles. The number of carbonyl (C=O) groups is 1. The highest BCUT2D eigenvalue weighted by molar-refractivity contribution is 6.77. The Bertz CT molecular complexity index is 1340. The maximum Gasteiger partial charge on any atom is 0.317 e. The van der Waals surface area contributed by atoms with Gasteiger partial charge in [-0.3, -0.25) is 4.79 Å². The number of carboxylic acid groups (broad SMARTS) is 1. The van der Waals surface area contributed by atoms with Crippen molar-refractivity contribution in [3.8, 4) is 11.9 Å². The molecule has 2 fully saturated rings. The number of hydrogen-bond acceptors (Lipinski definition) is 8. The van der Waals surface area contributed by atoms with Crippen molar-refractivity contribution in [1.29, 1.82) is 0 Å². The number of aliphatic carboxylic acids is 1. The van der Waals surface area contributed by atoms with Crippen LogP contribution in [-0.2, 0) is 16.3 Å². The molecule has 2 aromatic heterocycles. The number of allylic oxidation sites excluding steroid dienone is 4. The second kappa shape index (κ2) is 11.7. The number of nitrogens with zero attached hydrogens (tertiary/aromatic N) is 5. The molecule has 3 heterocycles. The van der Waals surface area contributed by atoms with Gasteiger partial charge in [-0.25, -0.2) is 4.98 Å². The minimum Gasteiger partial charge on any atom is -0.481 e. The molecular weight excluding hydrogens is 526 g/mol. The molecule has 0 unspecified atom stereocenters. The Hall–Kier alpha value is -3.31. The van der Waals surface area contributed by atoms with E-state index in [4.69, 9.17) is 29.0 Å². The number of aryl methyl sites for hydroxylation is 1. The fraction of sp³-hybridized carbons (Fsp3) is 0.552. The zero-order valence-electron chi connectivity index (χ0n) is 23.9. The molecule has 0 amide bonds. The number of carboxylic acids is 1. The molecule has 40 heavy (non-hydrogen) atoms. The smallest absolute Gasteiger partial charge is 0.317 e. The van der Waals surface area contributed by atoms with Gasteiger partial charge in [0.25, 0.3) is 0 Å². The van der Waals surface area contributed by atoms with E-state index in [0.29, 0.717) is 43.9 Å². The maximum atomic E-state index is 11.7. The van der Waals surface area contributed by atoms with E-state index < -0.39 is 19.6 Å². The summed E-state index contributed by atoms with van der Waals surface area (Å²) in [7, 11) is -1.98. The van der Waals surface area contributed by atoms with Crippen LogP contribution in [0.1, 0.15) is 62.4 Å². The van der Waals surface area contributed by atoms with Gasteiger partial charge in [-0.15, -0.1) is 5.10 Å². The van der Waals surface area contributed by atoms with Crippen LogP contribution in [-0.4, -0.2) is 64.1 Å². The highest BCUT2D eigenvalue weighted by Crippen LogP contribution is 2.41. The number of fused-ring (bicyclic) bond motifs is 2. The Morgan fingerprint density at radius 1 is 1.30 bits per heavy atom. The van der Waals surface area contributed by atoms with Crippen LogP contribution in [0.25, 0.3) is 5.57 Å². The molecule has 214 valence electrons. The Balaban J connectivity index is 1.37. The van der Waals surface area contributed by atoms with E-state index in [-0.39, 0.29) is 12.7 Å². The van der Waals surface area contributed by atoms with Gasteiger partial charge in [0, 0.05) is 24.4 Å². The minimum absolute atomic E-state index is 0.140. The summed E-state index contributed by atoms with van der Waals surface area (Å²) in [5, 5.41) is 14.3. The van der Waals surface area contributed by atoms with Crippen molar-refractivity contribution in [2.75, 3.05) is 13.2 Å². The number of hydrogen-bond donors (Lipinski definition) is 1. The number of aromatic nitrogens is 4. The molecule has 10 nitrogen and oxygen atoms in total. The van der Waals surface area contributed by atoms with Crippen LogP contribution >= 0.6 is 0 Å². The van der Waals surface area contributed by atoms with E-state index in [0.717, 1.165) is 47.7 Å². The topological polar surface area (TPSA) is 121 Å². The molecule has 0 radical (unpaired) electrons. The molecule has 3 aliphatic rings. The summed E-state index contributed by atoms with van der Waals surface area (Å²) in [4.78, 5) is 20.9. The summed E-state index contributed by atoms with van der Waals surface area (Å²) in [5.74, 6) is 0.180. The highest BCUT2D eigenvalue weighted by Gasteiger charge is 2.45. The van der Waals surface area contributed by atoms with Crippen molar-refractivity contribution in [2.24, 2.45) is 10.1 Å². The first-order chi connectivity index (χ1) is 19.2. The fourth-order valence-corrected chi connectivity index (χ4v) is 6.50. The standard InChI is InChI=1S/C29H39N5O5Si/c1-5-21(23-17-30-25(16-20(23)2)38-18-29(27(35)36)12-7-13-29)10-11-24-26-31-28(39-22-8-6-9-22)34(32-26)19-37-14-15-40(3,4)33-24/h5,10-11,16-17,22H,6-9,12-15,18-19H2,1-4H3,(H,35,36)/b11-10-,21-5+,33-24?. The zero-order chi connectivity index (χ0) is 28.3. The Kier molecular flexibility index (Phi) is 8.23. The molecule has 0 saturated heterocycles. The van der Waals surface area contributed by atoms with Crippen molar-refractivity contribution in [3.05, 3.63) is 47.4 Å². The quantitative estimate of drug-likeness (QED) is 0.326. The number of rotatable bonds is 9. The summed E-state index contributed by atoms with van der Waals surface area (Å²) in [6.45, 7) is 9.49. The van der Waals surface area contributed by atoms with Crippen LogP contribution in [0.4, 0.5) is 0 Å². The van der Waals surface area contributed by atoms with Gasteiger partial charge in [0.05, 0.1) is 5.71 Å². The highest BCUT2D eigenvalue weighted by atomic mass is 28.3.